The molecule has 4 fully saturated rings. The fraction of sp³-hybridized carbons (Fsp3) is 0.517. The molecule has 4 unspecified atom stereocenters. The van der Waals surface area contributed by atoms with Crippen LogP contribution in [-0.4, -0.2) is 84.9 Å². The highest BCUT2D eigenvalue weighted by Crippen LogP contribution is 2.37. The molecule has 2 amide bonds. The Hall–Kier alpha value is -3.12. The lowest BCUT2D eigenvalue weighted by Gasteiger charge is -2.51. The Morgan fingerprint density at radius 2 is 1.34 bits per heavy atom. The number of hydrogen-bond donors (Lipinski definition) is 1. The molecular formula is C29H32F6N4O2. The van der Waals surface area contributed by atoms with Crippen LogP contribution in [0, 0.1) is 11.8 Å². The molecule has 4 heterocycles. The van der Waals surface area contributed by atoms with E-state index in [1.165, 1.54) is 24.3 Å². The number of hydrogen-bond acceptors (Lipinski definition) is 4. The van der Waals surface area contributed by atoms with Gasteiger partial charge < -0.3 is 10.2 Å². The highest BCUT2D eigenvalue weighted by atomic mass is 19.4. The largest absolute Gasteiger partial charge is 0.416 e. The summed E-state index contributed by atoms with van der Waals surface area (Å²) in [4.78, 5) is 31.7. The molecule has 0 spiro atoms. The van der Waals surface area contributed by atoms with Crippen molar-refractivity contribution in [1.82, 2.24) is 20.0 Å². The summed E-state index contributed by atoms with van der Waals surface area (Å²) in [6.07, 6.45) is -6.88. The van der Waals surface area contributed by atoms with Gasteiger partial charge in [0, 0.05) is 63.0 Å². The molecule has 2 aromatic carbocycles. The zero-order chi connectivity index (χ0) is 29.4. The van der Waals surface area contributed by atoms with Crippen LogP contribution in [0.25, 0.3) is 0 Å². The van der Waals surface area contributed by atoms with Gasteiger partial charge in [0.05, 0.1) is 11.1 Å². The summed E-state index contributed by atoms with van der Waals surface area (Å²) < 4.78 is 76.8. The number of benzene rings is 2. The van der Waals surface area contributed by atoms with Crippen LogP contribution in [-0.2, 0) is 12.4 Å². The predicted octanol–water partition coefficient (Wildman–Crippen LogP) is 4.62. The maximum absolute atomic E-state index is 12.8. The van der Waals surface area contributed by atoms with E-state index in [9.17, 15) is 35.9 Å². The summed E-state index contributed by atoms with van der Waals surface area (Å²) in [6, 6.07) is 8.72. The first-order valence-corrected chi connectivity index (χ1v) is 13.8. The van der Waals surface area contributed by atoms with Gasteiger partial charge in [0.1, 0.15) is 0 Å². The summed E-state index contributed by atoms with van der Waals surface area (Å²) in [6.45, 7) is 5.60. The molecule has 4 aliphatic heterocycles. The third-order valence-electron chi connectivity index (χ3n) is 8.60. The number of nitrogens with one attached hydrogen (secondary N) is 1. The molecule has 0 aliphatic carbocycles. The Morgan fingerprint density at radius 3 is 1.85 bits per heavy atom. The average molecular weight is 583 g/mol. The van der Waals surface area contributed by atoms with Crippen molar-refractivity contribution in [3.63, 3.8) is 0 Å². The van der Waals surface area contributed by atoms with Crippen LogP contribution in [0.15, 0.2) is 48.5 Å². The quantitative estimate of drug-likeness (QED) is 0.506. The van der Waals surface area contributed by atoms with Gasteiger partial charge in [-0.25, -0.2) is 0 Å². The van der Waals surface area contributed by atoms with Gasteiger partial charge >= 0.3 is 12.4 Å². The predicted molar refractivity (Wildman–Crippen MR) is 139 cm³/mol. The first-order valence-electron chi connectivity index (χ1n) is 13.8. The zero-order valence-corrected chi connectivity index (χ0v) is 22.3. The van der Waals surface area contributed by atoms with Crippen LogP contribution >= 0.6 is 0 Å². The number of carbonyl (C=O) groups excluding carboxylic acids is 2. The molecule has 222 valence electrons. The number of halogens is 6. The lowest BCUT2D eigenvalue weighted by Crippen LogP contribution is -2.59. The molecule has 1 N–H and O–H groups in total. The van der Waals surface area contributed by atoms with E-state index in [0.29, 0.717) is 44.6 Å². The monoisotopic (exact) mass is 582 g/mol. The number of alkyl halides is 6. The van der Waals surface area contributed by atoms with Crippen molar-refractivity contribution in [1.29, 1.82) is 0 Å². The summed E-state index contributed by atoms with van der Waals surface area (Å²) in [7, 11) is 0. The van der Waals surface area contributed by atoms with E-state index < -0.39 is 23.5 Å². The number of piperazine rings is 1. The van der Waals surface area contributed by atoms with Gasteiger partial charge in [-0.3, -0.25) is 19.4 Å². The van der Waals surface area contributed by atoms with Crippen molar-refractivity contribution in [2.24, 2.45) is 11.8 Å². The second-order valence-electron chi connectivity index (χ2n) is 11.1. The third-order valence-corrected chi connectivity index (χ3v) is 8.60. The van der Waals surface area contributed by atoms with Gasteiger partial charge in [0.2, 0.25) is 0 Å². The van der Waals surface area contributed by atoms with E-state index in [0.717, 1.165) is 56.7 Å². The molecule has 12 heteroatoms. The van der Waals surface area contributed by atoms with Crippen molar-refractivity contribution < 1.29 is 35.9 Å². The molecule has 2 bridgehead atoms. The van der Waals surface area contributed by atoms with E-state index in [1.807, 2.05) is 0 Å². The Morgan fingerprint density at radius 1 is 0.780 bits per heavy atom. The van der Waals surface area contributed by atoms with Gasteiger partial charge in [-0.05, 0) is 79.8 Å². The second kappa shape index (κ2) is 11.6. The summed E-state index contributed by atoms with van der Waals surface area (Å²) in [5.41, 5.74) is -1.12. The Bertz CT molecular complexity index is 1220. The molecule has 6 rings (SSSR count). The summed E-state index contributed by atoms with van der Waals surface area (Å²) >= 11 is 0. The SMILES string of the molecule is O=C(NCC1CC2CCN1CC2CN1CCN(C(=O)c2ccc(C(F)(F)F)cc2)CC1)c1ccc(C(F)(F)F)cc1. The Kier molecular flexibility index (Phi) is 8.34. The molecule has 0 aromatic heterocycles. The van der Waals surface area contributed by atoms with E-state index in [-0.39, 0.29) is 29.0 Å². The van der Waals surface area contributed by atoms with Crippen molar-refractivity contribution in [2.75, 3.05) is 52.4 Å². The highest BCUT2D eigenvalue weighted by Gasteiger charge is 2.41. The minimum absolute atomic E-state index is 0.182. The van der Waals surface area contributed by atoms with Gasteiger partial charge in [-0.1, -0.05) is 0 Å². The molecular weight excluding hydrogens is 550 g/mol. The van der Waals surface area contributed by atoms with E-state index in [1.54, 1.807) is 4.90 Å². The van der Waals surface area contributed by atoms with Crippen LogP contribution in [0.1, 0.15) is 44.7 Å². The maximum Gasteiger partial charge on any atom is 0.416 e. The van der Waals surface area contributed by atoms with Crippen molar-refractivity contribution in [2.45, 2.75) is 31.2 Å². The number of piperidine rings is 3. The normalized spacial score (nSPS) is 25.3. The van der Waals surface area contributed by atoms with E-state index in [4.69, 9.17) is 0 Å². The lowest BCUT2D eigenvalue weighted by molar-refractivity contribution is -0.138. The average Bonchev–Trinajstić information content (AvgIpc) is 2.96. The standard InChI is InChI=1S/C29H32F6N4O2/c30-28(31,32)23-5-1-19(2-6-23)26(40)36-16-25-15-21-9-10-39(25)18-22(21)17-37-11-13-38(14-12-37)27(41)20-3-7-24(8-4-20)29(33,34)35/h1-8,21-22,25H,9-18H2,(H,36,40). The smallest absolute Gasteiger partial charge is 0.350 e. The van der Waals surface area contributed by atoms with E-state index in [2.05, 4.69) is 15.1 Å². The molecule has 4 saturated heterocycles. The van der Waals surface area contributed by atoms with Crippen molar-refractivity contribution in [3.05, 3.63) is 70.8 Å². The molecule has 0 saturated carbocycles. The number of fused-ring (bicyclic) bond motifs is 3. The minimum atomic E-state index is -4.44. The molecule has 4 atom stereocenters. The zero-order valence-electron chi connectivity index (χ0n) is 22.3. The number of carbonyl (C=O) groups is 2. The van der Waals surface area contributed by atoms with Gasteiger partial charge in [-0.15, -0.1) is 0 Å². The van der Waals surface area contributed by atoms with Crippen LogP contribution in [0.5, 0.6) is 0 Å². The maximum atomic E-state index is 12.8. The second-order valence-corrected chi connectivity index (χ2v) is 11.1. The number of rotatable bonds is 6. The lowest BCUT2D eigenvalue weighted by atomic mass is 9.75. The fourth-order valence-electron chi connectivity index (χ4n) is 6.24. The summed E-state index contributed by atoms with van der Waals surface area (Å²) in [5, 5.41) is 2.88. The minimum Gasteiger partial charge on any atom is -0.350 e. The number of amides is 2. The van der Waals surface area contributed by atoms with Gasteiger partial charge in [0.15, 0.2) is 0 Å². The Labute approximate surface area is 234 Å². The molecule has 2 aromatic rings. The van der Waals surface area contributed by atoms with Gasteiger partial charge in [0.25, 0.3) is 11.8 Å². The molecule has 6 nitrogen and oxygen atoms in total. The number of nitrogens with zero attached hydrogens (tertiary/aromatic N) is 3. The fourth-order valence-corrected chi connectivity index (χ4v) is 6.24. The molecule has 41 heavy (non-hydrogen) atoms. The first-order chi connectivity index (χ1) is 19.4. The third kappa shape index (κ3) is 6.86. The first kappa shape index (κ1) is 29.4. The van der Waals surface area contributed by atoms with Crippen LogP contribution in [0.2, 0.25) is 0 Å². The molecule has 0 radical (unpaired) electrons. The van der Waals surface area contributed by atoms with Crippen LogP contribution < -0.4 is 5.32 Å². The van der Waals surface area contributed by atoms with Crippen LogP contribution in [0.3, 0.4) is 0 Å². The molecule has 4 aliphatic rings. The summed E-state index contributed by atoms with van der Waals surface area (Å²) in [5.74, 6) is 0.312. The highest BCUT2D eigenvalue weighted by molar-refractivity contribution is 5.94. The van der Waals surface area contributed by atoms with Crippen LogP contribution in [0.4, 0.5) is 26.3 Å². The Balaban J connectivity index is 1.06. The topological polar surface area (TPSA) is 55.9 Å². The van der Waals surface area contributed by atoms with E-state index >= 15 is 0 Å². The van der Waals surface area contributed by atoms with Crippen molar-refractivity contribution >= 4 is 11.8 Å². The van der Waals surface area contributed by atoms with Gasteiger partial charge in [-0.2, -0.15) is 26.3 Å². The van der Waals surface area contributed by atoms with Crippen molar-refractivity contribution in [3.8, 4) is 0 Å².